The first-order valence-electron chi connectivity index (χ1n) is 13.9. The summed E-state index contributed by atoms with van der Waals surface area (Å²) in [6, 6.07) is 9.63. The van der Waals surface area contributed by atoms with E-state index in [1.54, 1.807) is 12.1 Å². The lowest BCUT2D eigenvalue weighted by Gasteiger charge is -2.42. The van der Waals surface area contributed by atoms with Crippen molar-refractivity contribution < 1.29 is 38.1 Å². The Hall–Kier alpha value is -4.58. The van der Waals surface area contributed by atoms with Crippen molar-refractivity contribution in [3.8, 4) is 23.0 Å². The highest BCUT2D eigenvalue weighted by Crippen LogP contribution is 2.44. The molecule has 1 aromatic carbocycles. The number of likely N-dealkylation sites (tertiary alicyclic amines) is 1. The molecule has 0 saturated carbocycles. The molecular weight excluding hydrogens is 560 g/mol. The van der Waals surface area contributed by atoms with Crippen molar-refractivity contribution in [2.24, 2.45) is 5.92 Å². The van der Waals surface area contributed by atoms with Crippen LogP contribution in [-0.4, -0.2) is 60.9 Å². The molecule has 2 bridgehead atoms. The maximum Gasteiger partial charge on any atom is 0.308 e. The van der Waals surface area contributed by atoms with Crippen molar-refractivity contribution in [1.82, 2.24) is 9.47 Å². The molecule has 3 aromatic rings. The summed E-state index contributed by atoms with van der Waals surface area (Å²) in [5.41, 5.74) is 0.732. The molecule has 0 spiro atoms. The molecule has 2 aliphatic heterocycles. The molecule has 0 radical (unpaired) electrons. The van der Waals surface area contributed by atoms with Crippen molar-refractivity contribution in [1.29, 1.82) is 0 Å². The molecule has 0 amide bonds. The minimum absolute atomic E-state index is 0.000575. The first kappa shape index (κ1) is 29.9. The monoisotopic (exact) mass is 594 g/mol. The van der Waals surface area contributed by atoms with Gasteiger partial charge in [0.25, 0.3) is 5.56 Å². The predicted molar refractivity (Wildman–Crippen MR) is 153 cm³/mol. The number of pyridine rings is 1. The maximum atomic E-state index is 13.0. The number of piperidine rings is 1. The molecule has 12 heteroatoms. The molecular formula is C31H34N2O10. The number of fused-ring (bicyclic) bond motifs is 4. The summed E-state index contributed by atoms with van der Waals surface area (Å²) in [6.45, 7) is 3.52. The van der Waals surface area contributed by atoms with Crippen LogP contribution in [-0.2, 0) is 27.4 Å². The van der Waals surface area contributed by atoms with Gasteiger partial charge >= 0.3 is 11.9 Å². The second-order valence-electron chi connectivity index (χ2n) is 10.9. The summed E-state index contributed by atoms with van der Waals surface area (Å²) in [5, 5.41) is 10.9. The summed E-state index contributed by atoms with van der Waals surface area (Å²) in [7, 11) is 3.99. The molecule has 4 heterocycles. The van der Waals surface area contributed by atoms with E-state index < -0.39 is 29.0 Å². The van der Waals surface area contributed by atoms with Gasteiger partial charge in [-0.25, -0.2) is 0 Å². The van der Waals surface area contributed by atoms with Crippen LogP contribution in [0.5, 0.6) is 23.0 Å². The molecule has 1 fully saturated rings. The number of hydrogen-bond acceptors (Lipinski definition) is 11. The van der Waals surface area contributed by atoms with Crippen LogP contribution in [0, 0.1) is 5.92 Å². The van der Waals surface area contributed by atoms with Crippen molar-refractivity contribution >= 4 is 11.9 Å². The van der Waals surface area contributed by atoms with Crippen molar-refractivity contribution in [2.75, 3.05) is 34.4 Å². The van der Waals surface area contributed by atoms with E-state index in [-0.39, 0.29) is 53.4 Å². The zero-order chi connectivity index (χ0) is 30.8. The number of aromatic hydroxyl groups is 1. The average molecular weight is 595 g/mol. The highest BCUT2D eigenvalue weighted by molar-refractivity contribution is 5.74. The Kier molecular flexibility index (Phi) is 8.58. The van der Waals surface area contributed by atoms with Gasteiger partial charge in [-0.15, -0.1) is 0 Å². The first-order valence-corrected chi connectivity index (χ1v) is 13.9. The van der Waals surface area contributed by atoms with Crippen molar-refractivity contribution in [2.45, 2.75) is 44.7 Å². The highest BCUT2D eigenvalue weighted by atomic mass is 16.6. The van der Waals surface area contributed by atoms with E-state index in [2.05, 4.69) is 4.90 Å². The van der Waals surface area contributed by atoms with Gasteiger partial charge in [0.05, 0.1) is 40.2 Å². The Bertz CT molecular complexity index is 1630. The molecule has 1 saturated heterocycles. The summed E-state index contributed by atoms with van der Waals surface area (Å²) >= 11 is 0. The van der Waals surface area contributed by atoms with Crippen LogP contribution in [0.15, 0.2) is 50.4 Å². The Morgan fingerprint density at radius 3 is 2.42 bits per heavy atom. The fraction of sp³-hybridized carbons (Fsp3) is 0.419. The smallest absolute Gasteiger partial charge is 0.308 e. The highest BCUT2D eigenvalue weighted by Gasteiger charge is 2.35. The molecule has 3 atom stereocenters. The third kappa shape index (κ3) is 6.14. The summed E-state index contributed by atoms with van der Waals surface area (Å²) < 4.78 is 29.1. The van der Waals surface area contributed by atoms with Gasteiger partial charge in [0.2, 0.25) is 16.9 Å². The molecule has 1 unspecified atom stereocenters. The van der Waals surface area contributed by atoms with Gasteiger partial charge in [0.1, 0.15) is 5.76 Å². The fourth-order valence-corrected chi connectivity index (χ4v) is 6.17. The zero-order valence-electron chi connectivity index (χ0n) is 24.5. The quantitative estimate of drug-likeness (QED) is 0.288. The van der Waals surface area contributed by atoms with Crippen LogP contribution in [0.4, 0.5) is 0 Å². The van der Waals surface area contributed by atoms with Crippen LogP contribution < -0.4 is 25.2 Å². The fourth-order valence-electron chi connectivity index (χ4n) is 6.17. The number of rotatable bonds is 9. The lowest BCUT2D eigenvalue weighted by atomic mass is 9.83. The minimum Gasteiger partial charge on any atom is -0.502 e. The summed E-state index contributed by atoms with van der Waals surface area (Å²) in [5.74, 6) is -1.89. The lowest BCUT2D eigenvalue weighted by Crippen LogP contribution is -2.46. The number of carbonyl (C=O) groups excluding carboxylic acids is 2. The normalized spacial score (nSPS) is 18.3. The third-order valence-electron chi connectivity index (χ3n) is 7.98. The van der Waals surface area contributed by atoms with Gasteiger partial charge in [-0.1, -0.05) is 6.07 Å². The largest absolute Gasteiger partial charge is 0.502 e. The standard InChI is InChI=1S/C31H34N2O10/c1-17(34)42-31-25(39-2)9-19(10-26(31)40-3)22(12-28(37)41-4)30-29(38)24(35)11-21(43-30)16-32-13-18-8-20(15-32)23-6-5-7-27(36)33(23)14-18/h5-7,9-11,18,20,22,38H,8,12-16H2,1-4H3/t18-,20+,22?/m1/s1. The second kappa shape index (κ2) is 12.3. The molecule has 2 aromatic heterocycles. The Balaban J connectivity index is 1.51. The third-order valence-corrected chi connectivity index (χ3v) is 7.98. The number of nitrogens with zero attached hydrogens (tertiary/aromatic N) is 2. The van der Waals surface area contributed by atoms with Gasteiger partial charge in [-0.05, 0) is 36.1 Å². The van der Waals surface area contributed by atoms with Crippen molar-refractivity contribution in [3.05, 3.63) is 79.8 Å². The molecule has 228 valence electrons. The van der Waals surface area contributed by atoms with Gasteiger partial charge in [-0.3, -0.25) is 24.1 Å². The molecule has 0 aliphatic carbocycles. The zero-order valence-corrected chi connectivity index (χ0v) is 24.5. The molecule has 5 rings (SSSR count). The van der Waals surface area contributed by atoms with E-state index in [1.165, 1.54) is 46.5 Å². The van der Waals surface area contributed by atoms with E-state index in [1.807, 2.05) is 10.6 Å². The van der Waals surface area contributed by atoms with Crippen molar-refractivity contribution in [3.63, 3.8) is 0 Å². The maximum absolute atomic E-state index is 13.0. The summed E-state index contributed by atoms with van der Waals surface area (Å²) in [6.07, 6.45) is 0.689. The van der Waals surface area contributed by atoms with Gasteiger partial charge in [-0.2, -0.15) is 0 Å². The molecule has 43 heavy (non-hydrogen) atoms. The van der Waals surface area contributed by atoms with Crippen LogP contribution in [0.1, 0.15) is 54.4 Å². The SMILES string of the molecule is COC(=O)CC(c1cc(OC)c(OC(C)=O)c(OC)c1)c1oc(CN2C[C@H]3C[C@@H](C2)c2cccc(=O)n2C3)cc(=O)c1O. The van der Waals surface area contributed by atoms with Crippen LogP contribution >= 0.6 is 0 Å². The number of esters is 2. The first-order chi connectivity index (χ1) is 20.6. The number of ether oxygens (including phenoxy) is 4. The Morgan fingerprint density at radius 2 is 1.77 bits per heavy atom. The predicted octanol–water partition coefficient (Wildman–Crippen LogP) is 2.76. The minimum atomic E-state index is -0.978. The van der Waals surface area contributed by atoms with Crippen LogP contribution in [0.25, 0.3) is 0 Å². The van der Waals surface area contributed by atoms with E-state index >= 15 is 0 Å². The van der Waals surface area contributed by atoms with E-state index in [4.69, 9.17) is 23.4 Å². The van der Waals surface area contributed by atoms with E-state index in [9.17, 15) is 24.3 Å². The topological polar surface area (TPSA) is 147 Å². The average Bonchev–Trinajstić information content (AvgIpc) is 2.98. The lowest BCUT2D eigenvalue weighted by molar-refractivity contribution is -0.141. The Labute approximate surface area is 247 Å². The number of carbonyl (C=O) groups is 2. The molecule has 2 aliphatic rings. The molecule has 1 N–H and O–H groups in total. The number of methoxy groups -OCH3 is 3. The summed E-state index contributed by atoms with van der Waals surface area (Å²) in [4.78, 5) is 51.8. The van der Waals surface area contributed by atoms with Crippen LogP contribution in [0.2, 0.25) is 0 Å². The molecule has 12 nitrogen and oxygen atoms in total. The second-order valence-corrected chi connectivity index (χ2v) is 10.9. The van der Waals surface area contributed by atoms with Crippen LogP contribution in [0.3, 0.4) is 0 Å². The van der Waals surface area contributed by atoms with Gasteiger partial charge < -0.3 is 33.0 Å². The van der Waals surface area contributed by atoms with Gasteiger partial charge in [0.15, 0.2) is 17.3 Å². The Morgan fingerprint density at radius 1 is 1.05 bits per heavy atom. The number of aromatic nitrogens is 1. The van der Waals surface area contributed by atoms with Gasteiger partial charge in [0, 0.05) is 50.3 Å². The van der Waals surface area contributed by atoms with E-state index in [0.29, 0.717) is 31.0 Å². The number of hydrogen-bond donors (Lipinski definition) is 1. The number of benzene rings is 1. The van der Waals surface area contributed by atoms with E-state index in [0.717, 1.165) is 12.1 Å².